The summed E-state index contributed by atoms with van der Waals surface area (Å²) in [5, 5.41) is 4.98. The molecule has 0 radical (unpaired) electrons. The van der Waals surface area contributed by atoms with Crippen LogP contribution < -0.4 is 14.9 Å². The van der Waals surface area contributed by atoms with Crippen LogP contribution >= 0.6 is 11.6 Å². The van der Waals surface area contributed by atoms with Crippen molar-refractivity contribution in [1.82, 2.24) is 0 Å². The second-order valence-corrected chi connectivity index (χ2v) is 6.50. The van der Waals surface area contributed by atoms with Gasteiger partial charge < -0.3 is 9.47 Å². The number of methoxy groups -OCH3 is 1. The highest BCUT2D eigenvalue weighted by molar-refractivity contribution is 6.30. The molecule has 3 rings (SSSR count). The number of halogens is 1. The normalized spacial score (nSPS) is 10.8. The van der Waals surface area contributed by atoms with Crippen LogP contribution in [0.25, 0.3) is 0 Å². The van der Waals surface area contributed by atoms with E-state index in [1.54, 1.807) is 13.3 Å². The quantitative estimate of drug-likeness (QED) is 0.423. The molecule has 0 heterocycles. The van der Waals surface area contributed by atoms with Gasteiger partial charge in [-0.15, -0.1) is 0 Å². The molecule has 27 heavy (non-hydrogen) atoms. The molecular formula is C22H21ClN2O2. The van der Waals surface area contributed by atoms with E-state index in [1.807, 2.05) is 66.7 Å². The Balaban J connectivity index is 1.67. The van der Waals surface area contributed by atoms with Crippen molar-refractivity contribution in [3.8, 4) is 11.5 Å². The van der Waals surface area contributed by atoms with Crippen LogP contribution in [-0.2, 0) is 6.61 Å². The van der Waals surface area contributed by atoms with Crippen LogP contribution in [0.1, 0.15) is 16.7 Å². The van der Waals surface area contributed by atoms with Gasteiger partial charge in [-0.3, -0.25) is 5.43 Å². The van der Waals surface area contributed by atoms with Crippen LogP contribution in [0.5, 0.6) is 11.5 Å². The average molecular weight is 381 g/mol. The Morgan fingerprint density at radius 3 is 2.41 bits per heavy atom. The van der Waals surface area contributed by atoms with Crippen molar-refractivity contribution in [3.05, 3.63) is 88.4 Å². The molecule has 0 saturated heterocycles. The summed E-state index contributed by atoms with van der Waals surface area (Å²) in [5.74, 6) is 1.33. The fraction of sp³-hybridized carbons (Fsp3) is 0.136. The first-order valence-electron chi connectivity index (χ1n) is 8.55. The second-order valence-electron chi connectivity index (χ2n) is 6.06. The van der Waals surface area contributed by atoms with Crippen molar-refractivity contribution >= 4 is 23.5 Å². The first kappa shape index (κ1) is 18.8. The second kappa shape index (κ2) is 9.10. The highest BCUT2D eigenvalue weighted by atomic mass is 35.5. The number of nitrogens with one attached hydrogen (secondary N) is 1. The van der Waals surface area contributed by atoms with E-state index in [2.05, 4.69) is 17.5 Å². The number of rotatable bonds is 7. The van der Waals surface area contributed by atoms with Gasteiger partial charge >= 0.3 is 0 Å². The maximum Gasteiger partial charge on any atom is 0.162 e. The molecule has 0 aliphatic carbocycles. The van der Waals surface area contributed by atoms with Gasteiger partial charge in [-0.2, -0.15) is 5.10 Å². The molecule has 0 aliphatic rings. The number of ether oxygens (including phenoxy) is 2. The first-order valence-corrected chi connectivity index (χ1v) is 8.93. The van der Waals surface area contributed by atoms with E-state index in [9.17, 15) is 0 Å². The van der Waals surface area contributed by atoms with Crippen LogP contribution in [0.2, 0.25) is 5.02 Å². The van der Waals surface area contributed by atoms with Crippen molar-refractivity contribution < 1.29 is 9.47 Å². The monoisotopic (exact) mass is 380 g/mol. The lowest BCUT2D eigenvalue weighted by Gasteiger charge is -2.11. The minimum Gasteiger partial charge on any atom is -0.493 e. The Labute approximate surface area is 164 Å². The number of hydrogen-bond acceptors (Lipinski definition) is 4. The summed E-state index contributed by atoms with van der Waals surface area (Å²) in [7, 11) is 1.62. The Morgan fingerprint density at radius 2 is 1.70 bits per heavy atom. The largest absolute Gasteiger partial charge is 0.493 e. The number of hydrogen-bond donors (Lipinski definition) is 1. The summed E-state index contributed by atoms with van der Waals surface area (Å²) in [5.41, 5.74) is 7.09. The summed E-state index contributed by atoms with van der Waals surface area (Å²) in [4.78, 5) is 0. The van der Waals surface area contributed by atoms with Crippen LogP contribution in [0, 0.1) is 6.92 Å². The molecule has 0 spiro atoms. The molecule has 3 aromatic rings. The third-order valence-corrected chi connectivity index (χ3v) is 4.21. The lowest BCUT2D eigenvalue weighted by Crippen LogP contribution is -1.99. The number of benzene rings is 3. The molecule has 0 aliphatic heterocycles. The SMILES string of the molecule is COc1ccc(C=NNc2ccc(C)cc2)cc1OCc1ccc(Cl)cc1. The Bertz CT molecular complexity index is 907. The zero-order chi connectivity index (χ0) is 19.1. The average Bonchev–Trinajstić information content (AvgIpc) is 2.69. The molecule has 0 bridgehead atoms. The molecule has 0 saturated carbocycles. The molecule has 1 N–H and O–H groups in total. The maximum atomic E-state index is 5.92. The van der Waals surface area contributed by atoms with Crippen LogP contribution in [0.3, 0.4) is 0 Å². The summed E-state index contributed by atoms with van der Waals surface area (Å²) in [6, 6.07) is 21.3. The van der Waals surface area contributed by atoms with Crippen molar-refractivity contribution in [3.63, 3.8) is 0 Å². The number of nitrogens with zero attached hydrogens (tertiary/aromatic N) is 1. The van der Waals surface area contributed by atoms with Gasteiger partial charge in [0.25, 0.3) is 0 Å². The molecule has 0 unspecified atom stereocenters. The van der Waals surface area contributed by atoms with Crippen molar-refractivity contribution in [2.75, 3.05) is 12.5 Å². The van der Waals surface area contributed by atoms with E-state index >= 15 is 0 Å². The van der Waals surface area contributed by atoms with E-state index in [4.69, 9.17) is 21.1 Å². The minimum atomic E-state index is 0.426. The number of aryl methyl sites for hydroxylation is 1. The molecule has 4 nitrogen and oxygen atoms in total. The van der Waals surface area contributed by atoms with Gasteiger partial charge in [0.1, 0.15) is 6.61 Å². The van der Waals surface area contributed by atoms with Crippen molar-refractivity contribution in [1.29, 1.82) is 0 Å². The van der Waals surface area contributed by atoms with E-state index < -0.39 is 0 Å². The molecule has 5 heteroatoms. The summed E-state index contributed by atoms with van der Waals surface area (Å²) in [6.45, 7) is 2.48. The predicted octanol–water partition coefficient (Wildman–Crippen LogP) is 5.68. The predicted molar refractivity (Wildman–Crippen MR) is 111 cm³/mol. The van der Waals surface area contributed by atoms with Crippen LogP contribution in [0.15, 0.2) is 71.8 Å². The van der Waals surface area contributed by atoms with Gasteiger partial charge in [-0.25, -0.2) is 0 Å². The van der Waals surface area contributed by atoms with Gasteiger partial charge in [0.2, 0.25) is 0 Å². The smallest absolute Gasteiger partial charge is 0.162 e. The Morgan fingerprint density at radius 1 is 0.963 bits per heavy atom. The Kier molecular flexibility index (Phi) is 6.34. The highest BCUT2D eigenvalue weighted by Gasteiger charge is 2.06. The molecule has 0 aromatic heterocycles. The fourth-order valence-corrected chi connectivity index (χ4v) is 2.56. The molecular weight excluding hydrogens is 360 g/mol. The van der Waals surface area contributed by atoms with Gasteiger partial charge in [0.05, 0.1) is 19.0 Å². The first-order chi connectivity index (χ1) is 13.1. The summed E-state index contributed by atoms with van der Waals surface area (Å²) < 4.78 is 11.3. The van der Waals surface area contributed by atoms with Crippen molar-refractivity contribution in [2.45, 2.75) is 13.5 Å². The molecule has 3 aromatic carbocycles. The van der Waals surface area contributed by atoms with Gasteiger partial charge in [0.15, 0.2) is 11.5 Å². The van der Waals surface area contributed by atoms with Gasteiger partial charge in [0, 0.05) is 5.02 Å². The maximum absolute atomic E-state index is 5.92. The Hall–Kier alpha value is -2.98. The molecule has 0 atom stereocenters. The molecule has 0 fully saturated rings. The van der Waals surface area contributed by atoms with Crippen molar-refractivity contribution in [2.24, 2.45) is 5.10 Å². The van der Waals surface area contributed by atoms with E-state index in [-0.39, 0.29) is 0 Å². The van der Waals surface area contributed by atoms with Gasteiger partial charge in [-0.1, -0.05) is 41.4 Å². The standard InChI is InChI=1S/C22H21ClN2O2/c1-16-3-10-20(11-4-16)25-24-14-18-7-12-21(26-2)22(13-18)27-15-17-5-8-19(23)9-6-17/h3-14,25H,15H2,1-2H3. The zero-order valence-corrected chi connectivity index (χ0v) is 16.0. The van der Waals surface area contributed by atoms with E-state index in [1.165, 1.54) is 5.56 Å². The van der Waals surface area contributed by atoms with E-state index in [0.717, 1.165) is 16.8 Å². The highest BCUT2D eigenvalue weighted by Crippen LogP contribution is 2.28. The summed E-state index contributed by atoms with van der Waals surface area (Å²) >= 11 is 5.92. The fourth-order valence-electron chi connectivity index (χ4n) is 2.44. The molecule has 138 valence electrons. The minimum absolute atomic E-state index is 0.426. The zero-order valence-electron chi connectivity index (χ0n) is 15.3. The number of hydrazone groups is 1. The summed E-state index contributed by atoms with van der Waals surface area (Å²) in [6.07, 6.45) is 1.74. The topological polar surface area (TPSA) is 42.8 Å². The molecule has 0 amide bonds. The van der Waals surface area contributed by atoms with Crippen LogP contribution in [0.4, 0.5) is 5.69 Å². The van der Waals surface area contributed by atoms with Gasteiger partial charge in [-0.05, 0) is 60.5 Å². The number of anilines is 1. The lowest BCUT2D eigenvalue weighted by molar-refractivity contribution is 0.284. The third kappa shape index (κ3) is 5.50. The van der Waals surface area contributed by atoms with E-state index in [0.29, 0.717) is 23.1 Å². The lowest BCUT2D eigenvalue weighted by atomic mass is 10.2. The van der Waals surface area contributed by atoms with Crippen LogP contribution in [-0.4, -0.2) is 13.3 Å². The third-order valence-electron chi connectivity index (χ3n) is 3.95.